The van der Waals surface area contributed by atoms with Crippen molar-refractivity contribution in [1.82, 2.24) is 4.90 Å². The van der Waals surface area contributed by atoms with Gasteiger partial charge >= 0.3 is 0 Å². The van der Waals surface area contributed by atoms with E-state index < -0.39 is 0 Å². The van der Waals surface area contributed by atoms with E-state index in [2.05, 4.69) is 0 Å². The number of likely N-dealkylation sites (N-methyl/N-ethyl adjacent to an activating group) is 1. The van der Waals surface area contributed by atoms with Crippen LogP contribution in [0.15, 0.2) is 60.0 Å². The lowest BCUT2D eigenvalue weighted by Crippen LogP contribution is -2.34. The quantitative estimate of drug-likeness (QED) is 0.675. The van der Waals surface area contributed by atoms with Crippen molar-refractivity contribution in [2.45, 2.75) is 13.5 Å². The van der Waals surface area contributed by atoms with Crippen LogP contribution < -0.4 is 4.74 Å². The Kier molecular flexibility index (Phi) is 4.93. The third kappa shape index (κ3) is 3.71. The normalized spacial score (nSPS) is 10.7. The average molecular weight is 325 g/mol. The first-order valence-electron chi connectivity index (χ1n) is 7.68. The summed E-state index contributed by atoms with van der Waals surface area (Å²) >= 11 is 1.67. The van der Waals surface area contributed by atoms with Crippen LogP contribution in [0.4, 0.5) is 0 Å². The van der Waals surface area contributed by atoms with E-state index in [1.54, 1.807) is 11.3 Å². The molecule has 0 saturated carbocycles. The molecule has 0 radical (unpaired) electrons. The molecule has 1 aromatic heterocycles. The summed E-state index contributed by atoms with van der Waals surface area (Å²) in [6, 6.07) is 18.0. The van der Waals surface area contributed by atoms with E-state index in [1.807, 2.05) is 71.8 Å². The van der Waals surface area contributed by atoms with E-state index in [1.165, 1.54) is 4.88 Å². The first-order chi connectivity index (χ1) is 11.3. The highest BCUT2D eigenvalue weighted by molar-refractivity contribution is 7.09. The monoisotopic (exact) mass is 325 g/mol. The van der Waals surface area contributed by atoms with Crippen molar-refractivity contribution in [3.8, 4) is 5.75 Å². The van der Waals surface area contributed by atoms with Gasteiger partial charge in [-0.15, -0.1) is 11.3 Å². The van der Waals surface area contributed by atoms with Gasteiger partial charge in [-0.25, -0.2) is 0 Å². The van der Waals surface area contributed by atoms with Gasteiger partial charge in [0.25, 0.3) is 5.91 Å². The molecule has 0 spiro atoms. The van der Waals surface area contributed by atoms with Crippen molar-refractivity contribution in [3.05, 3.63) is 64.9 Å². The molecule has 0 aliphatic rings. The zero-order valence-electron chi connectivity index (χ0n) is 13.1. The third-order valence-electron chi connectivity index (χ3n) is 3.76. The number of benzene rings is 2. The second-order valence-electron chi connectivity index (χ2n) is 5.25. The smallest absolute Gasteiger partial charge is 0.260 e. The summed E-state index contributed by atoms with van der Waals surface area (Å²) in [5.74, 6) is 0.762. The molecule has 2 aromatic carbocycles. The highest BCUT2D eigenvalue weighted by atomic mass is 32.1. The van der Waals surface area contributed by atoms with Crippen LogP contribution in [0.5, 0.6) is 5.75 Å². The van der Waals surface area contributed by atoms with Gasteiger partial charge in [-0.3, -0.25) is 4.79 Å². The van der Waals surface area contributed by atoms with Gasteiger partial charge in [-0.05, 0) is 29.8 Å². The zero-order chi connectivity index (χ0) is 16.1. The van der Waals surface area contributed by atoms with Gasteiger partial charge in [-0.1, -0.05) is 42.5 Å². The van der Waals surface area contributed by atoms with Crippen molar-refractivity contribution >= 4 is 28.0 Å². The van der Waals surface area contributed by atoms with E-state index in [-0.39, 0.29) is 12.5 Å². The summed E-state index contributed by atoms with van der Waals surface area (Å²) in [4.78, 5) is 15.4. The van der Waals surface area contributed by atoms with Gasteiger partial charge in [-0.2, -0.15) is 0 Å². The van der Waals surface area contributed by atoms with Crippen LogP contribution in [0.3, 0.4) is 0 Å². The van der Waals surface area contributed by atoms with Crippen LogP contribution in [0, 0.1) is 0 Å². The van der Waals surface area contributed by atoms with E-state index in [4.69, 9.17) is 4.74 Å². The largest absolute Gasteiger partial charge is 0.483 e. The molecule has 0 saturated heterocycles. The van der Waals surface area contributed by atoms with Crippen molar-refractivity contribution in [3.63, 3.8) is 0 Å². The summed E-state index contributed by atoms with van der Waals surface area (Å²) in [5, 5.41) is 4.17. The van der Waals surface area contributed by atoms with Gasteiger partial charge in [0.2, 0.25) is 0 Å². The number of amides is 1. The van der Waals surface area contributed by atoms with Gasteiger partial charge < -0.3 is 9.64 Å². The highest BCUT2D eigenvalue weighted by Gasteiger charge is 2.14. The molecule has 1 amide bonds. The molecule has 0 atom stereocenters. The molecule has 4 heteroatoms. The Balaban J connectivity index is 1.67. The number of thiophene rings is 1. The average Bonchev–Trinajstić information content (AvgIpc) is 3.10. The number of ether oxygens (including phenoxy) is 1. The van der Waals surface area contributed by atoms with E-state index in [0.29, 0.717) is 13.1 Å². The van der Waals surface area contributed by atoms with Crippen LogP contribution in [-0.4, -0.2) is 24.0 Å². The molecule has 1 heterocycles. The fourth-order valence-electron chi connectivity index (χ4n) is 2.52. The zero-order valence-corrected chi connectivity index (χ0v) is 13.9. The Bertz CT molecular complexity index is 778. The maximum atomic E-state index is 12.4. The lowest BCUT2D eigenvalue weighted by molar-refractivity contribution is -0.133. The van der Waals surface area contributed by atoms with E-state index in [9.17, 15) is 4.79 Å². The number of nitrogens with zero attached hydrogens (tertiary/aromatic N) is 1. The van der Waals surface area contributed by atoms with Gasteiger partial charge in [0.15, 0.2) is 6.61 Å². The second kappa shape index (κ2) is 7.29. The Morgan fingerprint density at radius 1 is 1.09 bits per heavy atom. The minimum Gasteiger partial charge on any atom is -0.483 e. The minimum absolute atomic E-state index is 0.00818. The molecule has 0 unspecified atom stereocenters. The molecule has 0 aliphatic heterocycles. The number of carbonyl (C=O) groups is 1. The molecule has 23 heavy (non-hydrogen) atoms. The topological polar surface area (TPSA) is 29.5 Å². The molecule has 118 valence electrons. The first-order valence-corrected chi connectivity index (χ1v) is 8.56. The van der Waals surface area contributed by atoms with E-state index >= 15 is 0 Å². The number of hydrogen-bond donors (Lipinski definition) is 0. The van der Waals surface area contributed by atoms with Crippen LogP contribution in [0.1, 0.15) is 11.8 Å². The molecule has 3 aromatic rings. The molecular formula is C19H19NO2S. The number of carbonyl (C=O) groups excluding carboxylic acids is 1. The van der Waals surface area contributed by atoms with Crippen molar-refractivity contribution in [2.24, 2.45) is 0 Å². The summed E-state index contributed by atoms with van der Waals surface area (Å²) in [6.07, 6.45) is 0. The molecular weight excluding hydrogens is 306 g/mol. The molecule has 0 N–H and O–H groups in total. The molecule has 3 nitrogen and oxygen atoms in total. The predicted molar refractivity (Wildman–Crippen MR) is 94.9 cm³/mol. The van der Waals surface area contributed by atoms with Crippen LogP contribution in [-0.2, 0) is 11.3 Å². The van der Waals surface area contributed by atoms with Crippen LogP contribution in [0.25, 0.3) is 10.8 Å². The predicted octanol–water partition coefficient (Wildman–Crippen LogP) is 4.33. The summed E-state index contributed by atoms with van der Waals surface area (Å²) in [6.45, 7) is 3.37. The second-order valence-corrected chi connectivity index (χ2v) is 6.29. The summed E-state index contributed by atoms with van der Waals surface area (Å²) < 4.78 is 5.80. The minimum atomic E-state index is 0.00818. The maximum absolute atomic E-state index is 12.4. The van der Waals surface area contributed by atoms with Gasteiger partial charge in [0.05, 0.1) is 6.54 Å². The molecule has 3 rings (SSSR count). The maximum Gasteiger partial charge on any atom is 0.260 e. The van der Waals surface area contributed by atoms with Gasteiger partial charge in [0.1, 0.15) is 5.75 Å². The molecule has 0 aliphatic carbocycles. The molecule has 0 bridgehead atoms. The Morgan fingerprint density at radius 2 is 1.91 bits per heavy atom. The van der Waals surface area contributed by atoms with Crippen LogP contribution in [0.2, 0.25) is 0 Å². The number of fused-ring (bicyclic) bond motifs is 1. The Hall–Kier alpha value is -2.33. The SMILES string of the molecule is CCN(Cc1cccs1)C(=O)COc1cccc2ccccc12. The third-order valence-corrected chi connectivity index (χ3v) is 4.62. The number of rotatable bonds is 6. The first kappa shape index (κ1) is 15.6. The van der Waals surface area contributed by atoms with Crippen molar-refractivity contribution in [1.29, 1.82) is 0 Å². The fourth-order valence-corrected chi connectivity index (χ4v) is 3.24. The lowest BCUT2D eigenvalue weighted by Gasteiger charge is -2.20. The Labute approximate surface area is 140 Å². The fraction of sp³-hybridized carbons (Fsp3) is 0.211. The lowest BCUT2D eigenvalue weighted by atomic mass is 10.1. The van der Waals surface area contributed by atoms with Crippen molar-refractivity contribution in [2.75, 3.05) is 13.2 Å². The highest BCUT2D eigenvalue weighted by Crippen LogP contribution is 2.25. The summed E-state index contributed by atoms with van der Waals surface area (Å²) in [7, 11) is 0. The number of hydrogen-bond acceptors (Lipinski definition) is 3. The van der Waals surface area contributed by atoms with Crippen LogP contribution >= 0.6 is 11.3 Å². The standard InChI is InChI=1S/C19H19NO2S/c1-2-20(13-16-9-6-12-23-16)19(21)14-22-18-11-5-8-15-7-3-4-10-17(15)18/h3-12H,2,13-14H2,1H3. The Morgan fingerprint density at radius 3 is 2.70 bits per heavy atom. The van der Waals surface area contributed by atoms with E-state index in [0.717, 1.165) is 16.5 Å². The van der Waals surface area contributed by atoms with Crippen molar-refractivity contribution < 1.29 is 9.53 Å². The molecule has 0 fully saturated rings. The van der Waals surface area contributed by atoms with Gasteiger partial charge in [0, 0.05) is 16.8 Å². The summed E-state index contributed by atoms with van der Waals surface area (Å²) in [5.41, 5.74) is 0.